The molecule has 1 heterocycles. The van der Waals surface area contributed by atoms with Crippen LogP contribution in [0.3, 0.4) is 0 Å². The lowest BCUT2D eigenvalue weighted by Crippen LogP contribution is -2.42. The lowest BCUT2D eigenvalue weighted by atomic mass is 9.84. The van der Waals surface area contributed by atoms with Gasteiger partial charge >= 0.3 is 10.1 Å². The highest BCUT2D eigenvalue weighted by atomic mass is 32.2. The molecule has 0 radical (unpaired) electrons. The second kappa shape index (κ2) is 9.36. The van der Waals surface area contributed by atoms with Gasteiger partial charge in [0, 0.05) is 31.2 Å². The van der Waals surface area contributed by atoms with Crippen molar-refractivity contribution in [2.75, 3.05) is 13.2 Å². The molecule has 2 aliphatic rings. The molecule has 1 atom stereocenters. The summed E-state index contributed by atoms with van der Waals surface area (Å²) in [6, 6.07) is 11.3. The van der Waals surface area contributed by atoms with Gasteiger partial charge in [-0.05, 0) is 56.0 Å². The van der Waals surface area contributed by atoms with Crippen molar-refractivity contribution in [1.82, 2.24) is 4.90 Å². The van der Waals surface area contributed by atoms with Crippen molar-refractivity contribution in [3.63, 3.8) is 0 Å². The SMILES string of the molecule is O=C(C1CCC1)N(Cc1ccccc1OS(=O)(=O)c1ccc(F)cc1)CC1CCCO1. The Morgan fingerprint density at radius 1 is 1.06 bits per heavy atom. The van der Waals surface area contributed by atoms with E-state index < -0.39 is 15.9 Å². The highest BCUT2D eigenvalue weighted by Crippen LogP contribution is 2.31. The van der Waals surface area contributed by atoms with Crippen LogP contribution in [-0.4, -0.2) is 38.5 Å². The molecule has 0 bridgehead atoms. The summed E-state index contributed by atoms with van der Waals surface area (Å²) in [5.41, 5.74) is 0.596. The average Bonchev–Trinajstić information content (AvgIpc) is 3.21. The van der Waals surface area contributed by atoms with Crippen LogP contribution in [0.5, 0.6) is 5.75 Å². The minimum atomic E-state index is -4.14. The molecule has 1 unspecified atom stereocenters. The van der Waals surface area contributed by atoms with Gasteiger partial charge in [-0.1, -0.05) is 24.6 Å². The van der Waals surface area contributed by atoms with E-state index in [9.17, 15) is 17.6 Å². The highest BCUT2D eigenvalue weighted by Gasteiger charge is 2.32. The number of carbonyl (C=O) groups is 1. The Hall–Kier alpha value is -2.45. The Labute approximate surface area is 182 Å². The van der Waals surface area contributed by atoms with Gasteiger partial charge in [0.25, 0.3) is 0 Å². The first-order valence-electron chi connectivity index (χ1n) is 10.6. The molecule has 1 aliphatic heterocycles. The summed E-state index contributed by atoms with van der Waals surface area (Å²) in [6.45, 7) is 1.42. The first-order valence-corrected chi connectivity index (χ1v) is 12.0. The summed E-state index contributed by atoms with van der Waals surface area (Å²) in [5, 5.41) is 0. The number of nitrogens with zero attached hydrogens (tertiary/aromatic N) is 1. The van der Waals surface area contributed by atoms with E-state index in [1.165, 1.54) is 0 Å². The van der Waals surface area contributed by atoms with Gasteiger partial charge in [-0.15, -0.1) is 0 Å². The van der Waals surface area contributed by atoms with Crippen molar-refractivity contribution in [3.8, 4) is 5.75 Å². The van der Waals surface area contributed by atoms with Gasteiger partial charge in [-0.2, -0.15) is 8.42 Å². The molecular formula is C23H26FNO5S. The largest absolute Gasteiger partial charge is 0.379 e. The molecule has 0 aromatic heterocycles. The Balaban J connectivity index is 1.55. The molecule has 1 aliphatic carbocycles. The fourth-order valence-corrected chi connectivity index (χ4v) is 4.83. The number of para-hydroxylation sites is 1. The van der Waals surface area contributed by atoms with E-state index in [2.05, 4.69) is 0 Å². The van der Waals surface area contributed by atoms with E-state index in [4.69, 9.17) is 8.92 Å². The second-order valence-electron chi connectivity index (χ2n) is 8.08. The van der Waals surface area contributed by atoms with Crippen LogP contribution in [0.15, 0.2) is 53.4 Å². The average molecular weight is 448 g/mol. The predicted molar refractivity (Wildman–Crippen MR) is 112 cm³/mol. The van der Waals surface area contributed by atoms with Gasteiger partial charge in [0.15, 0.2) is 0 Å². The van der Waals surface area contributed by atoms with Gasteiger partial charge < -0.3 is 13.8 Å². The van der Waals surface area contributed by atoms with Gasteiger partial charge in [0.1, 0.15) is 16.5 Å². The molecule has 8 heteroatoms. The minimum absolute atomic E-state index is 0.0000509. The van der Waals surface area contributed by atoms with Crippen LogP contribution < -0.4 is 4.18 Å². The Morgan fingerprint density at radius 2 is 1.81 bits per heavy atom. The fourth-order valence-electron chi connectivity index (χ4n) is 3.87. The van der Waals surface area contributed by atoms with E-state index in [0.717, 1.165) is 56.4 Å². The van der Waals surface area contributed by atoms with Crippen molar-refractivity contribution in [1.29, 1.82) is 0 Å². The Morgan fingerprint density at radius 3 is 2.45 bits per heavy atom. The topological polar surface area (TPSA) is 72.9 Å². The van der Waals surface area contributed by atoms with Crippen LogP contribution in [0.1, 0.15) is 37.7 Å². The smallest absolute Gasteiger partial charge is 0.339 e. The molecule has 31 heavy (non-hydrogen) atoms. The summed E-state index contributed by atoms with van der Waals surface area (Å²) in [4.78, 5) is 14.7. The van der Waals surface area contributed by atoms with Crippen molar-refractivity contribution in [3.05, 3.63) is 59.9 Å². The van der Waals surface area contributed by atoms with Gasteiger partial charge in [-0.3, -0.25) is 4.79 Å². The van der Waals surface area contributed by atoms with Gasteiger partial charge in [-0.25, -0.2) is 4.39 Å². The monoisotopic (exact) mass is 447 g/mol. The van der Waals surface area contributed by atoms with Crippen LogP contribution >= 0.6 is 0 Å². The molecule has 1 saturated heterocycles. The molecule has 0 N–H and O–H groups in total. The predicted octanol–water partition coefficient (Wildman–Crippen LogP) is 3.90. The van der Waals surface area contributed by atoms with Crippen molar-refractivity contribution < 1.29 is 26.5 Å². The third kappa shape index (κ3) is 5.25. The maximum Gasteiger partial charge on any atom is 0.339 e. The van der Waals surface area contributed by atoms with Crippen molar-refractivity contribution >= 4 is 16.0 Å². The standard InChI is InChI=1S/C23H26FNO5S/c24-19-10-12-21(13-11-19)31(27,28)30-22-9-2-1-5-18(22)15-25(16-20-8-4-14-29-20)23(26)17-6-3-7-17/h1-2,5,9-13,17,20H,3-4,6-8,14-16H2. The number of halogens is 1. The Bertz CT molecular complexity index is 1010. The molecule has 0 spiro atoms. The number of carbonyl (C=O) groups excluding carboxylic acids is 1. The molecule has 2 aromatic carbocycles. The number of hydrogen-bond acceptors (Lipinski definition) is 5. The van der Waals surface area contributed by atoms with Gasteiger partial charge in [0.05, 0.1) is 6.10 Å². The normalized spacial score (nSPS) is 19.1. The summed E-state index contributed by atoms with van der Waals surface area (Å²) in [5.74, 6) is -0.264. The Kier molecular flexibility index (Phi) is 6.57. The summed E-state index contributed by atoms with van der Waals surface area (Å²) >= 11 is 0. The quantitative estimate of drug-likeness (QED) is 0.574. The van der Waals surface area contributed by atoms with E-state index in [-0.39, 0.29) is 35.1 Å². The molecule has 6 nitrogen and oxygen atoms in total. The van der Waals surface area contributed by atoms with Crippen LogP contribution in [-0.2, 0) is 26.2 Å². The van der Waals surface area contributed by atoms with E-state index >= 15 is 0 Å². The van der Waals surface area contributed by atoms with E-state index in [1.54, 1.807) is 29.2 Å². The zero-order valence-corrected chi connectivity index (χ0v) is 18.0. The summed E-state index contributed by atoms with van der Waals surface area (Å²) < 4.78 is 49.7. The van der Waals surface area contributed by atoms with Crippen LogP contribution in [0.25, 0.3) is 0 Å². The molecule has 166 valence electrons. The maximum absolute atomic E-state index is 13.2. The first-order chi connectivity index (χ1) is 14.9. The molecule has 1 amide bonds. The lowest BCUT2D eigenvalue weighted by Gasteiger charge is -2.33. The third-order valence-electron chi connectivity index (χ3n) is 5.85. The fraction of sp³-hybridized carbons (Fsp3) is 0.435. The lowest BCUT2D eigenvalue weighted by molar-refractivity contribution is -0.140. The molecule has 4 rings (SSSR count). The minimum Gasteiger partial charge on any atom is -0.379 e. The van der Waals surface area contributed by atoms with Crippen molar-refractivity contribution in [2.24, 2.45) is 5.92 Å². The summed E-state index contributed by atoms with van der Waals surface area (Å²) in [7, 11) is -4.14. The van der Waals surface area contributed by atoms with Crippen LogP contribution in [0.4, 0.5) is 4.39 Å². The molecule has 2 aromatic rings. The number of ether oxygens (including phenoxy) is 1. The number of rotatable bonds is 8. The zero-order valence-electron chi connectivity index (χ0n) is 17.2. The zero-order chi connectivity index (χ0) is 21.8. The van der Waals surface area contributed by atoms with Crippen LogP contribution in [0.2, 0.25) is 0 Å². The van der Waals surface area contributed by atoms with E-state index in [0.29, 0.717) is 18.7 Å². The third-order valence-corrected chi connectivity index (χ3v) is 7.10. The number of hydrogen-bond donors (Lipinski definition) is 0. The summed E-state index contributed by atoms with van der Waals surface area (Å²) in [6.07, 6.45) is 4.72. The molecule has 2 fully saturated rings. The first kappa shape index (κ1) is 21.8. The van der Waals surface area contributed by atoms with E-state index in [1.807, 2.05) is 0 Å². The van der Waals surface area contributed by atoms with Crippen molar-refractivity contribution in [2.45, 2.75) is 49.6 Å². The number of amides is 1. The molecule has 1 saturated carbocycles. The van der Waals surface area contributed by atoms with Crippen LogP contribution in [0, 0.1) is 11.7 Å². The highest BCUT2D eigenvalue weighted by molar-refractivity contribution is 7.87. The molecular weight excluding hydrogens is 421 g/mol. The second-order valence-corrected chi connectivity index (χ2v) is 9.63. The van der Waals surface area contributed by atoms with Gasteiger partial charge in [0.2, 0.25) is 5.91 Å². The maximum atomic E-state index is 13.2. The number of benzene rings is 2.